The summed E-state index contributed by atoms with van der Waals surface area (Å²) in [4.78, 5) is 9.48. The van der Waals surface area contributed by atoms with Crippen LogP contribution >= 0.6 is 24.0 Å². The van der Waals surface area contributed by atoms with Gasteiger partial charge >= 0.3 is 0 Å². The van der Waals surface area contributed by atoms with Crippen LogP contribution in [0.15, 0.2) is 23.2 Å². The maximum Gasteiger partial charge on any atom is 0.191 e. The lowest BCUT2D eigenvalue weighted by atomic mass is 10.1. The van der Waals surface area contributed by atoms with Gasteiger partial charge in [-0.1, -0.05) is 12.1 Å². The van der Waals surface area contributed by atoms with Gasteiger partial charge in [0.2, 0.25) is 0 Å². The van der Waals surface area contributed by atoms with E-state index in [2.05, 4.69) is 83.3 Å². The molecule has 33 heavy (non-hydrogen) atoms. The zero-order valence-electron chi connectivity index (χ0n) is 21.4. The van der Waals surface area contributed by atoms with Gasteiger partial charge in [0.05, 0.1) is 5.69 Å². The first-order valence-corrected chi connectivity index (χ1v) is 11.8. The second-order valence-corrected chi connectivity index (χ2v) is 9.07. The molecule has 0 aliphatic carbocycles. The van der Waals surface area contributed by atoms with Gasteiger partial charge in [-0.15, -0.1) is 24.0 Å². The molecule has 1 aliphatic heterocycles. The van der Waals surface area contributed by atoms with Gasteiger partial charge in [0.15, 0.2) is 5.96 Å². The van der Waals surface area contributed by atoms with E-state index in [4.69, 9.17) is 0 Å². The number of piperazine rings is 1. The van der Waals surface area contributed by atoms with E-state index in [9.17, 15) is 0 Å². The number of halogens is 1. The summed E-state index contributed by atoms with van der Waals surface area (Å²) in [6.07, 6.45) is 0.937. The molecule has 2 N–H and O–H groups in total. The van der Waals surface area contributed by atoms with E-state index in [1.165, 1.54) is 28.1 Å². The Kier molecular flexibility index (Phi) is 10.5. The van der Waals surface area contributed by atoms with Crippen molar-refractivity contribution >= 4 is 35.6 Å². The number of guanidine groups is 1. The Morgan fingerprint density at radius 2 is 1.82 bits per heavy atom. The molecule has 1 atom stereocenters. The molecule has 0 saturated carbocycles. The lowest BCUT2D eigenvalue weighted by molar-refractivity contribution is 0.261. The summed E-state index contributed by atoms with van der Waals surface area (Å²) < 4.78 is 1.96. The summed E-state index contributed by atoms with van der Waals surface area (Å²) in [6.45, 7) is 17.1. The fraction of sp³-hybridized carbons (Fsp3) is 0.600. The maximum atomic E-state index is 4.53. The van der Waals surface area contributed by atoms with Crippen molar-refractivity contribution in [2.24, 2.45) is 12.0 Å². The van der Waals surface area contributed by atoms with Gasteiger partial charge in [0, 0.05) is 70.8 Å². The van der Waals surface area contributed by atoms with Crippen LogP contribution in [0.5, 0.6) is 0 Å². The van der Waals surface area contributed by atoms with Crippen LogP contribution in [0.1, 0.15) is 35.0 Å². The molecule has 0 amide bonds. The molecule has 1 aliphatic rings. The summed E-state index contributed by atoms with van der Waals surface area (Å²) in [5.41, 5.74) is 7.84. The molecule has 2 aromatic rings. The number of nitrogens with one attached hydrogen (secondary N) is 2. The molecule has 3 rings (SSSR count). The van der Waals surface area contributed by atoms with Crippen molar-refractivity contribution in [1.29, 1.82) is 0 Å². The van der Waals surface area contributed by atoms with Crippen molar-refractivity contribution in [2.45, 2.75) is 47.1 Å². The van der Waals surface area contributed by atoms with Gasteiger partial charge in [0.1, 0.15) is 0 Å². The first-order valence-electron chi connectivity index (χ1n) is 11.8. The average molecular weight is 568 g/mol. The molecule has 1 unspecified atom stereocenters. The van der Waals surface area contributed by atoms with Crippen LogP contribution < -0.4 is 15.5 Å². The Morgan fingerprint density at radius 3 is 2.42 bits per heavy atom. The Hall–Kier alpha value is -1.81. The predicted molar refractivity (Wildman–Crippen MR) is 150 cm³/mol. The van der Waals surface area contributed by atoms with Crippen LogP contribution in [-0.4, -0.2) is 73.0 Å². The highest BCUT2D eigenvalue weighted by atomic mass is 127. The zero-order valence-corrected chi connectivity index (χ0v) is 23.7. The van der Waals surface area contributed by atoms with E-state index in [0.29, 0.717) is 0 Å². The zero-order chi connectivity index (χ0) is 23.3. The van der Waals surface area contributed by atoms with Crippen LogP contribution in [0, 0.1) is 27.7 Å². The Labute approximate surface area is 217 Å². The normalized spacial score (nSPS) is 15.8. The highest BCUT2D eigenvalue weighted by molar-refractivity contribution is 14.0. The molecule has 0 radical (unpaired) electrons. The number of nitrogens with zero attached hydrogens (tertiary/aromatic N) is 5. The average Bonchev–Trinajstić information content (AvgIpc) is 3.01. The predicted octanol–water partition coefficient (Wildman–Crippen LogP) is 3.19. The molecule has 1 aromatic heterocycles. The Balaban J connectivity index is 0.00000385. The second-order valence-electron chi connectivity index (χ2n) is 9.07. The molecule has 7 nitrogen and oxygen atoms in total. The van der Waals surface area contributed by atoms with Crippen LogP contribution in [0.25, 0.3) is 0 Å². The third-order valence-corrected chi connectivity index (χ3v) is 6.79. The number of anilines is 1. The van der Waals surface area contributed by atoms with Gasteiger partial charge in [-0.2, -0.15) is 5.10 Å². The minimum Gasteiger partial charge on any atom is -0.369 e. The van der Waals surface area contributed by atoms with Gasteiger partial charge in [-0.25, -0.2) is 0 Å². The second kappa shape index (κ2) is 12.6. The summed E-state index contributed by atoms with van der Waals surface area (Å²) in [5, 5.41) is 11.6. The monoisotopic (exact) mass is 567 g/mol. The minimum absolute atomic E-state index is 0. The summed E-state index contributed by atoms with van der Waals surface area (Å²) in [5.74, 6) is 0.866. The van der Waals surface area contributed by atoms with Crippen LogP contribution in [0.2, 0.25) is 0 Å². The fourth-order valence-electron chi connectivity index (χ4n) is 4.52. The SMILES string of the molecule is CN=C(NCCN1CCN(c2cccc(C)c2C)CC1)NC(C)Cc1c(C)nn(C)c1C.I. The standard InChI is InChI=1S/C25H41N7.HI/c1-18-9-8-10-24(20(18)3)32-15-13-31(14-16-32)12-11-27-25(26-6)28-19(2)17-23-21(4)29-30(7)22(23)5;/h8-10,19H,11-17H2,1-7H3,(H2,26,27,28);1H. The molecular formula is C25H42IN7. The lowest BCUT2D eigenvalue weighted by Gasteiger charge is -2.37. The summed E-state index contributed by atoms with van der Waals surface area (Å²) in [7, 11) is 3.85. The maximum absolute atomic E-state index is 4.53. The number of aromatic nitrogens is 2. The summed E-state index contributed by atoms with van der Waals surface area (Å²) >= 11 is 0. The molecule has 2 heterocycles. The van der Waals surface area contributed by atoms with Crippen molar-refractivity contribution in [3.05, 3.63) is 46.3 Å². The van der Waals surface area contributed by atoms with E-state index in [1.54, 1.807) is 0 Å². The Morgan fingerprint density at radius 1 is 1.12 bits per heavy atom. The molecule has 8 heteroatoms. The third-order valence-electron chi connectivity index (χ3n) is 6.79. The van der Waals surface area contributed by atoms with Crippen molar-refractivity contribution in [2.75, 3.05) is 51.2 Å². The highest BCUT2D eigenvalue weighted by Gasteiger charge is 2.19. The van der Waals surface area contributed by atoms with Crippen molar-refractivity contribution < 1.29 is 0 Å². The quantitative estimate of drug-likeness (QED) is 0.306. The number of aryl methyl sites for hydroxylation is 3. The van der Waals surface area contributed by atoms with E-state index in [0.717, 1.165) is 57.3 Å². The van der Waals surface area contributed by atoms with Gasteiger partial charge < -0.3 is 15.5 Å². The van der Waals surface area contributed by atoms with Crippen LogP contribution in [0.3, 0.4) is 0 Å². The van der Waals surface area contributed by atoms with Crippen LogP contribution in [0.4, 0.5) is 5.69 Å². The molecular weight excluding hydrogens is 525 g/mol. The fourth-order valence-corrected chi connectivity index (χ4v) is 4.52. The molecule has 184 valence electrons. The van der Waals surface area contributed by atoms with Crippen LogP contribution in [-0.2, 0) is 13.5 Å². The topological polar surface area (TPSA) is 60.7 Å². The lowest BCUT2D eigenvalue weighted by Crippen LogP contribution is -2.50. The van der Waals surface area contributed by atoms with E-state index in [-0.39, 0.29) is 30.0 Å². The molecule has 1 aromatic carbocycles. The first kappa shape index (κ1) is 27.4. The van der Waals surface area contributed by atoms with Crippen molar-refractivity contribution in [3.63, 3.8) is 0 Å². The minimum atomic E-state index is 0. The number of rotatable bonds is 7. The largest absolute Gasteiger partial charge is 0.369 e. The van der Waals surface area contributed by atoms with E-state index >= 15 is 0 Å². The molecule has 1 saturated heterocycles. The smallest absolute Gasteiger partial charge is 0.191 e. The highest BCUT2D eigenvalue weighted by Crippen LogP contribution is 2.23. The van der Waals surface area contributed by atoms with Gasteiger partial charge in [-0.3, -0.25) is 14.6 Å². The number of hydrogen-bond acceptors (Lipinski definition) is 4. The number of benzene rings is 1. The van der Waals surface area contributed by atoms with E-state index in [1.807, 2.05) is 18.8 Å². The number of hydrogen-bond donors (Lipinski definition) is 2. The molecule has 1 fully saturated rings. The van der Waals surface area contributed by atoms with Gasteiger partial charge in [-0.05, 0) is 63.8 Å². The molecule has 0 bridgehead atoms. The van der Waals surface area contributed by atoms with Gasteiger partial charge in [0.25, 0.3) is 0 Å². The Bertz CT molecular complexity index is 929. The third kappa shape index (κ3) is 7.09. The van der Waals surface area contributed by atoms with Crippen molar-refractivity contribution in [3.8, 4) is 0 Å². The molecule has 0 spiro atoms. The summed E-state index contributed by atoms with van der Waals surface area (Å²) in [6, 6.07) is 6.90. The van der Waals surface area contributed by atoms with Crippen molar-refractivity contribution in [1.82, 2.24) is 25.3 Å². The number of aliphatic imine (C=N–C) groups is 1. The first-order chi connectivity index (χ1) is 15.3. The van der Waals surface area contributed by atoms with E-state index < -0.39 is 0 Å².